The number of carbonyl (C=O) groups is 1. The minimum Gasteiger partial charge on any atom is -0.358 e. The van der Waals surface area contributed by atoms with Crippen molar-refractivity contribution in [2.45, 2.75) is 33.9 Å². The number of rotatable bonds is 6. The van der Waals surface area contributed by atoms with Gasteiger partial charge >= 0.3 is 5.82 Å². The summed E-state index contributed by atoms with van der Waals surface area (Å²) < 4.78 is 3.17. The number of carbonyl (C=O) groups excluding carboxylic acids is 1. The maximum atomic E-state index is 12.2. The lowest BCUT2D eigenvalue weighted by atomic mass is 10.2. The van der Waals surface area contributed by atoms with E-state index in [1.54, 1.807) is 6.92 Å². The molecular formula is C18H20N6O3. The fourth-order valence-electron chi connectivity index (χ4n) is 2.87. The van der Waals surface area contributed by atoms with Gasteiger partial charge in [-0.3, -0.25) is 4.79 Å². The molecule has 3 rings (SSSR count). The number of nitro groups is 1. The van der Waals surface area contributed by atoms with E-state index < -0.39 is 4.92 Å². The van der Waals surface area contributed by atoms with Gasteiger partial charge in [0, 0.05) is 17.8 Å². The zero-order valence-electron chi connectivity index (χ0n) is 15.3. The van der Waals surface area contributed by atoms with E-state index in [2.05, 4.69) is 15.5 Å². The predicted octanol–water partition coefficient (Wildman–Crippen LogP) is 2.22. The summed E-state index contributed by atoms with van der Waals surface area (Å²) in [6.07, 6.45) is 0. The lowest BCUT2D eigenvalue weighted by Gasteiger charge is -2.07. The highest BCUT2D eigenvalue weighted by Crippen LogP contribution is 2.17. The third-order valence-electron chi connectivity index (χ3n) is 4.35. The third kappa shape index (κ3) is 3.86. The summed E-state index contributed by atoms with van der Waals surface area (Å²) in [5, 5.41) is 22.0. The molecule has 1 aromatic carbocycles. The molecule has 2 aromatic heterocycles. The predicted molar refractivity (Wildman–Crippen MR) is 98.5 cm³/mol. The molecule has 1 N–H and O–H groups in total. The summed E-state index contributed by atoms with van der Waals surface area (Å²) in [5.41, 5.74) is 4.24. The van der Waals surface area contributed by atoms with Crippen LogP contribution >= 0.6 is 0 Å². The Balaban J connectivity index is 1.69. The Bertz CT molecular complexity index is 990. The smallest absolute Gasteiger partial charge is 0.358 e. The van der Waals surface area contributed by atoms with Crippen LogP contribution in [0, 0.1) is 30.9 Å². The Hall–Kier alpha value is -3.49. The maximum Gasteiger partial charge on any atom is 0.390 e. The van der Waals surface area contributed by atoms with Crippen LogP contribution in [-0.2, 0) is 17.9 Å². The fourth-order valence-corrected chi connectivity index (χ4v) is 2.87. The summed E-state index contributed by atoms with van der Waals surface area (Å²) in [5.74, 6) is -0.543. The number of hydrogen-bond donors (Lipinski definition) is 1. The van der Waals surface area contributed by atoms with Crippen molar-refractivity contribution < 1.29 is 9.72 Å². The van der Waals surface area contributed by atoms with Crippen LogP contribution < -0.4 is 5.32 Å². The van der Waals surface area contributed by atoms with Crippen molar-refractivity contribution in [3.05, 3.63) is 69.2 Å². The van der Waals surface area contributed by atoms with Crippen LogP contribution in [0.25, 0.3) is 5.69 Å². The average Bonchev–Trinajstić information content (AvgIpc) is 3.14. The molecule has 3 aromatic rings. The largest absolute Gasteiger partial charge is 0.390 e. The molecule has 0 atom stereocenters. The second kappa shape index (κ2) is 7.40. The molecule has 1 amide bonds. The standard InChI is InChI=1S/C18H20N6O3/c1-12-9-17(24(26)27)21-22(12)11-18(25)19-10-16-13(2)20-23(14(16)3)15-7-5-4-6-8-15/h4-9H,10-11H2,1-3H3,(H,19,25). The number of hydrogen-bond acceptors (Lipinski definition) is 5. The van der Waals surface area contributed by atoms with E-state index in [-0.39, 0.29) is 18.3 Å². The molecular weight excluding hydrogens is 348 g/mol. The number of nitrogens with zero attached hydrogens (tertiary/aromatic N) is 5. The lowest BCUT2D eigenvalue weighted by molar-refractivity contribution is -0.389. The summed E-state index contributed by atoms with van der Waals surface area (Å²) in [4.78, 5) is 22.4. The molecule has 0 aliphatic heterocycles. The first-order chi connectivity index (χ1) is 12.9. The van der Waals surface area contributed by atoms with Crippen LogP contribution in [0.5, 0.6) is 0 Å². The fraction of sp³-hybridized carbons (Fsp3) is 0.278. The van der Waals surface area contributed by atoms with Crippen molar-refractivity contribution in [3.8, 4) is 5.69 Å². The van der Waals surface area contributed by atoms with Gasteiger partial charge in [-0.1, -0.05) is 18.2 Å². The highest BCUT2D eigenvalue weighted by molar-refractivity contribution is 5.75. The minimum atomic E-state index is -0.577. The molecule has 0 spiro atoms. The molecule has 0 aliphatic rings. The van der Waals surface area contributed by atoms with Crippen molar-refractivity contribution in [2.24, 2.45) is 0 Å². The van der Waals surface area contributed by atoms with Crippen molar-refractivity contribution in [1.82, 2.24) is 24.9 Å². The van der Waals surface area contributed by atoms with Gasteiger partial charge in [-0.15, -0.1) is 0 Å². The van der Waals surface area contributed by atoms with Gasteiger partial charge in [-0.05, 0) is 37.8 Å². The van der Waals surface area contributed by atoms with Crippen molar-refractivity contribution in [3.63, 3.8) is 0 Å². The molecule has 0 bridgehead atoms. The first-order valence-electron chi connectivity index (χ1n) is 8.43. The third-order valence-corrected chi connectivity index (χ3v) is 4.35. The van der Waals surface area contributed by atoms with Crippen molar-refractivity contribution in [1.29, 1.82) is 0 Å². The number of aryl methyl sites for hydroxylation is 2. The number of aromatic nitrogens is 4. The zero-order chi connectivity index (χ0) is 19.6. The number of benzene rings is 1. The van der Waals surface area contributed by atoms with E-state index in [1.165, 1.54) is 10.7 Å². The van der Waals surface area contributed by atoms with Crippen LogP contribution in [-0.4, -0.2) is 30.4 Å². The Morgan fingerprint density at radius 3 is 2.52 bits per heavy atom. The molecule has 2 heterocycles. The van der Waals surface area contributed by atoms with Gasteiger partial charge < -0.3 is 15.4 Å². The minimum absolute atomic E-state index is 0.0788. The number of para-hydroxylation sites is 1. The quantitative estimate of drug-likeness (QED) is 0.530. The summed E-state index contributed by atoms with van der Waals surface area (Å²) in [7, 11) is 0. The SMILES string of the molecule is Cc1nn(-c2ccccc2)c(C)c1CNC(=O)Cn1nc([N+](=O)[O-])cc1C. The Labute approximate surface area is 155 Å². The number of nitrogens with one attached hydrogen (secondary N) is 1. The van der Waals surface area contributed by atoms with Crippen molar-refractivity contribution in [2.75, 3.05) is 0 Å². The van der Waals surface area contributed by atoms with Gasteiger partial charge in [0.1, 0.15) is 6.54 Å². The van der Waals surface area contributed by atoms with Crippen LogP contribution in [0.3, 0.4) is 0 Å². The Morgan fingerprint density at radius 2 is 1.89 bits per heavy atom. The lowest BCUT2D eigenvalue weighted by Crippen LogP contribution is -2.28. The molecule has 140 valence electrons. The monoisotopic (exact) mass is 368 g/mol. The molecule has 0 unspecified atom stereocenters. The summed E-state index contributed by atoms with van der Waals surface area (Å²) in [6.45, 7) is 5.77. The number of amides is 1. The van der Waals surface area contributed by atoms with Gasteiger partial charge in [-0.2, -0.15) is 9.78 Å². The molecule has 0 fully saturated rings. The highest BCUT2D eigenvalue weighted by atomic mass is 16.6. The molecule has 0 aliphatic carbocycles. The van der Waals surface area contributed by atoms with E-state index in [9.17, 15) is 14.9 Å². The van der Waals surface area contributed by atoms with E-state index in [0.717, 1.165) is 22.6 Å². The highest BCUT2D eigenvalue weighted by Gasteiger charge is 2.18. The van der Waals surface area contributed by atoms with Crippen LogP contribution in [0.2, 0.25) is 0 Å². The topological polar surface area (TPSA) is 108 Å². The summed E-state index contributed by atoms with van der Waals surface area (Å²) >= 11 is 0. The van der Waals surface area contributed by atoms with Crippen LogP contribution in [0.15, 0.2) is 36.4 Å². The first-order valence-corrected chi connectivity index (χ1v) is 8.43. The van der Waals surface area contributed by atoms with E-state index in [1.807, 2.05) is 48.9 Å². The first kappa shape index (κ1) is 18.3. The zero-order valence-corrected chi connectivity index (χ0v) is 15.3. The van der Waals surface area contributed by atoms with Gasteiger partial charge in [0.2, 0.25) is 5.91 Å². The second-order valence-corrected chi connectivity index (χ2v) is 6.23. The van der Waals surface area contributed by atoms with Gasteiger partial charge in [0.25, 0.3) is 0 Å². The molecule has 0 saturated carbocycles. The molecule has 9 heteroatoms. The molecule has 0 saturated heterocycles. The Morgan fingerprint density at radius 1 is 1.19 bits per heavy atom. The van der Waals surface area contributed by atoms with E-state index in [4.69, 9.17) is 0 Å². The molecule has 0 radical (unpaired) electrons. The van der Waals surface area contributed by atoms with Gasteiger partial charge in [0.05, 0.1) is 28.2 Å². The normalized spacial score (nSPS) is 10.8. The second-order valence-electron chi connectivity index (χ2n) is 6.23. The van der Waals surface area contributed by atoms with E-state index >= 15 is 0 Å². The Kier molecular flexibility index (Phi) is 5.02. The molecule has 9 nitrogen and oxygen atoms in total. The van der Waals surface area contributed by atoms with Crippen LogP contribution in [0.1, 0.15) is 22.6 Å². The maximum absolute atomic E-state index is 12.2. The summed E-state index contributed by atoms with van der Waals surface area (Å²) in [6, 6.07) is 11.1. The van der Waals surface area contributed by atoms with Crippen molar-refractivity contribution >= 4 is 11.7 Å². The van der Waals surface area contributed by atoms with E-state index in [0.29, 0.717) is 12.2 Å². The molecule has 27 heavy (non-hydrogen) atoms. The van der Waals surface area contributed by atoms with Gasteiger partial charge in [0.15, 0.2) is 0 Å². The van der Waals surface area contributed by atoms with Gasteiger partial charge in [-0.25, -0.2) is 4.68 Å². The van der Waals surface area contributed by atoms with Crippen LogP contribution in [0.4, 0.5) is 5.82 Å². The average molecular weight is 368 g/mol.